The molecule has 1 heterocycles. The number of halogens is 2. The molecule has 0 aliphatic heterocycles. The van der Waals surface area contributed by atoms with Crippen molar-refractivity contribution in [2.24, 2.45) is 0 Å². The molecule has 0 unspecified atom stereocenters. The third-order valence-electron chi connectivity index (χ3n) is 3.86. The normalized spacial score (nSPS) is 10.4. The van der Waals surface area contributed by atoms with Crippen molar-refractivity contribution >= 4 is 34.7 Å². The minimum Gasteiger partial charge on any atom is -0.327 e. The average molecular weight is 370 g/mol. The van der Waals surface area contributed by atoms with Crippen molar-refractivity contribution < 1.29 is 9.18 Å². The zero-order valence-electron chi connectivity index (χ0n) is 14.1. The molecule has 0 bridgehead atoms. The first-order valence-corrected chi connectivity index (χ1v) is 8.52. The summed E-state index contributed by atoms with van der Waals surface area (Å²) in [5.74, 6) is -0.528. The molecule has 2 aromatic carbocycles. The molecular formula is C20H17ClFN3O. The minimum atomic E-state index is -0.666. The van der Waals surface area contributed by atoms with Crippen LogP contribution in [0.1, 0.15) is 17.3 Å². The number of hydrogen-bond donors (Lipinski definition) is 1. The molecule has 6 heteroatoms. The van der Waals surface area contributed by atoms with Crippen LogP contribution in [0.15, 0.2) is 66.9 Å². The number of nitrogens with zero attached hydrogens (tertiary/aromatic N) is 2. The van der Waals surface area contributed by atoms with Crippen molar-refractivity contribution in [1.29, 1.82) is 0 Å². The quantitative estimate of drug-likeness (QED) is 0.665. The van der Waals surface area contributed by atoms with Gasteiger partial charge in [-0.3, -0.25) is 4.79 Å². The van der Waals surface area contributed by atoms with Crippen LogP contribution in [-0.2, 0) is 0 Å². The lowest BCUT2D eigenvalue weighted by Crippen LogP contribution is -2.18. The van der Waals surface area contributed by atoms with Crippen molar-refractivity contribution in [2.75, 3.05) is 16.8 Å². The number of amides is 1. The monoisotopic (exact) mass is 369 g/mol. The second-order valence-corrected chi connectivity index (χ2v) is 5.94. The van der Waals surface area contributed by atoms with Crippen molar-refractivity contribution in [1.82, 2.24) is 4.98 Å². The fourth-order valence-electron chi connectivity index (χ4n) is 2.61. The predicted molar refractivity (Wildman–Crippen MR) is 103 cm³/mol. The zero-order chi connectivity index (χ0) is 18.5. The maximum atomic E-state index is 13.8. The number of hydrogen-bond acceptors (Lipinski definition) is 3. The van der Waals surface area contributed by atoms with E-state index in [-0.39, 0.29) is 10.6 Å². The van der Waals surface area contributed by atoms with Crippen molar-refractivity contribution in [2.45, 2.75) is 6.92 Å². The lowest BCUT2D eigenvalue weighted by atomic mass is 10.2. The van der Waals surface area contributed by atoms with Crippen molar-refractivity contribution in [3.8, 4) is 0 Å². The van der Waals surface area contributed by atoms with Crippen LogP contribution in [0.3, 0.4) is 0 Å². The number of rotatable bonds is 5. The van der Waals surface area contributed by atoms with Gasteiger partial charge in [0.1, 0.15) is 11.6 Å². The molecule has 0 spiro atoms. The summed E-state index contributed by atoms with van der Waals surface area (Å²) in [4.78, 5) is 18.7. The second-order valence-electron chi connectivity index (χ2n) is 5.54. The number of aromatic nitrogens is 1. The third-order valence-corrected chi connectivity index (χ3v) is 4.17. The van der Waals surface area contributed by atoms with Crippen LogP contribution in [0.4, 0.5) is 21.6 Å². The highest BCUT2D eigenvalue weighted by atomic mass is 35.5. The standard InChI is InChI=1S/C20H17ClFN3O/c1-2-25(15-7-4-3-5-8-15)18-12-11-14(13-23-18)24-20(26)19-16(21)9-6-10-17(19)22/h3-13H,2H2,1H3,(H,24,26). The zero-order valence-corrected chi connectivity index (χ0v) is 14.9. The van der Waals surface area contributed by atoms with E-state index in [4.69, 9.17) is 11.6 Å². The fourth-order valence-corrected chi connectivity index (χ4v) is 2.86. The molecule has 26 heavy (non-hydrogen) atoms. The van der Waals surface area contributed by atoms with Crippen molar-refractivity contribution in [3.63, 3.8) is 0 Å². The van der Waals surface area contributed by atoms with Gasteiger partial charge >= 0.3 is 0 Å². The summed E-state index contributed by atoms with van der Waals surface area (Å²) in [7, 11) is 0. The summed E-state index contributed by atoms with van der Waals surface area (Å²) in [6.07, 6.45) is 1.54. The van der Waals surface area contributed by atoms with E-state index in [1.54, 1.807) is 12.1 Å². The first-order chi connectivity index (χ1) is 12.6. The summed E-state index contributed by atoms with van der Waals surface area (Å²) in [6.45, 7) is 2.78. The van der Waals surface area contributed by atoms with Crippen LogP contribution >= 0.6 is 11.6 Å². The van der Waals surface area contributed by atoms with E-state index >= 15 is 0 Å². The largest absolute Gasteiger partial charge is 0.327 e. The Morgan fingerprint density at radius 1 is 1.12 bits per heavy atom. The molecule has 3 aromatic rings. The molecule has 4 nitrogen and oxygen atoms in total. The fraction of sp³-hybridized carbons (Fsp3) is 0.100. The van der Waals surface area contributed by atoms with E-state index in [0.29, 0.717) is 5.69 Å². The molecule has 0 saturated carbocycles. The number of para-hydroxylation sites is 1. The van der Waals surface area contributed by atoms with E-state index in [0.717, 1.165) is 18.1 Å². The molecule has 0 aliphatic carbocycles. The van der Waals surface area contributed by atoms with Gasteiger partial charge in [-0.15, -0.1) is 0 Å². The summed E-state index contributed by atoms with van der Waals surface area (Å²) in [5.41, 5.74) is 1.30. The van der Waals surface area contributed by atoms with Gasteiger partial charge in [-0.25, -0.2) is 9.37 Å². The van der Waals surface area contributed by atoms with Crippen molar-refractivity contribution in [3.05, 3.63) is 83.3 Å². The van der Waals surface area contributed by atoms with Crippen LogP contribution in [0, 0.1) is 5.82 Å². The van der Waals surface area contributed by atoms with Crippen LogP contribution in [0.5, 0.6) is 0 Å². The van der Waals surface area contributed by atoms with Crippen LogP contribution in [0.25, 0.3) is 0 Å². The minimum absolute atomic E-state index is 0.0633. The molecule has 132 valence electrons. The van der Waals surface area contributed by atoms with Gasteiger partial charge in [0.2, 0.25) is 0 Å². The van der Waals surface area contributed by atoms with Gasteiger partial charge in [0, 0.05) is 12.2 Å². The number of pyridine rings is 1. The van der Waals surface area contributed by atoms with E-state index < -0.39 is 11.7 Å². The summed E-state index contributed by atoms with van der Waals surface area (Å²) >= 11 is 5.92. The molecule has 1 N–H and O–H groups in total. The smallest absolute Gasteiger partial charge is 0.260 e. The number of nitrogens with one attached hydrogen (secondary N) is 1. The highest BCUT2D eigenvalue weighted by Crippen LogP contribution is 2.24. The molecule has 0 aliphatic rings. The number of carbonyl (C=O) groups excluding carboxylic acids is 1. The van der Waals surface area contributed by atoms with Gasteiger partial charge in [-0.05, 0) is 43.3 Å². The Bertz CT molecular complexity index is 880. The molecule has 0 radical (unpaired) electrons. The molecule has 1 amide bonds. The Kier molecular flexibility index (Phi) is 5.49. The SMILES string of the molecule is CCN(c1ccccc1)c1ccc(NC(=O)c2c(F)cccc2Cl)cn1. The Hall–Kier alpha value is -2.92. The van der Waals surface area contributed by atoms with Gasteiger partial charge < -0.3 is 10.2 Å². The molecule has 0 saturated heterocycles. The maximum Gasteiger partial charge on any atom is 0.260 e. The highest BCUT2D eigenvalue weighted by molar-refractivity contribution is 6.34. The number of carbonyl (C=O) groups is 1. The van der Waals surface area contributed by atoms with Crippen LogP contribution in [-0.4, -0.2) is 17.4 Å². The Balaban J connectivity index is 1.78. The topological polar surface area (TPSA) is 45.2 Å². The summed E-state index contributed by atoms with van der Waals surface area (Å²) in [6, 6.07) is 17.5. The lowest BCUT2D eigenvalue weighted by molar-refractivity contribution is 0.102. The van der Waals surface area contributed by atoms with E-state index in [1.807, 2.05) is 42.2 Å². The molecule has 0 fully saturated rings. The lowest BCUT2D eigenvalue weighted by Gasteiger charge is -2.22. The van der Waals surface area contributed by atoms with Crippen LogP contribution in [0.2, 0.25) is 5.02 Å². The van der Waals surface area contributed by atoms with Crippen LogP contribution < -0.4 is 10.2 Å². The van der Waals surface area contributed by atoms with Gasteiger partial charge in [0.05, 0.1) is 22.5 Å². The second kappa shape index (κ2) is 7.97. The Morgan fingerprint density at radius 2 is 1.88 bits per heavy atom. The average Bonchev–Trinajstić information content (AvgIpc) is 2.64. The first-order valence-electron chi connectivity index (χ1n) is 8.14. The van der Waals surface area contributed by atoms with E-state index in [2.05, 4.69) is 10.3 Å². The first kappa shape index (κ1) is 17.9. The summed E-state index contributed by atoms with van der Waals surface area (Å²) in [5, 5.41) is 2.68. The Morgan fingerprint density at radius 3 is 2.50 bits per heavy atom. The molecular weight excluding hydrogens is 353 g/mol. The predicted octanol–water partition coefficient (Wildman–Crippen LogP) is 5.28. The molecule has 1 aromatic heterocycles. The highest BCUT2D eigenvalue weighted by Gasteiger charge is 2.16. The third kappa shape index (κ3) is 3.83. The van der Waals surface area contributed by atoms with Gasteiger partial charge in [-0.1, -0.05) is 35.9 Å². The molecule has 3 rings (SSSR count). The van der Waals surface area contributed by atoms with E-state index in [9.17, 15) is 9.18 Å². The summed E-state index contributed by atoms with van der Waals surface area (Å²) < 4.78 is 13.8. The number of anilines is 3. The Labute approximate surface area is 156 Å². The van der Waals surface area contributed by atoms with E-state index in [1.165, 1.54) is 24.4 Å². The van der Waals surface area contributed by atoms with Gasteiger partial charge in [-0.2, -0.15) is 0 Å². The number of benzene rings is 2. The van der Waals surface area contributed by atoms with Gasteiger partial charge in [0.25, 0.3) is 5.91 Å². The maximum absolute atomic E-state index is 13.8. The molecule has 0 atom stereocenters. The van der Waals surface area contributed by atoms with Gasteiger partial charge in [0.15, 0.2) is 0 Å².